The summed E-state index contributed by atoms with van der Waals surface area (Å²) in [5.74, 6) is 5.78. The fourth-order valence-electron chi connectivity index (χ4n) is 6.59. The van der Waals surface area contributed by atoms with Gasteiger partial charge >= 0.3 is 7.60 Å². The predicted molar refractivity (Wildman–Crippen MR) is 227 cm³/mol. The molecule has 15 nitrogen and oxygen atoms in total. The first-order chi connectivity index (χ1) is 29.6. The molecule has 332 valence electrons. The first kappa shape index (κ1) is 47.1. The van der Waals surface area contributed by atoms with E-state index in [0.29, 0.717) is 46.0 Å². The van der Waals surface area contributed by atoms with E-state index >= 15 is 0 Å². The second kappa shape index (κ2) is 23.3. The van der Waals surface area contributed by atoms with E-state index in [4.69, 9.17) is 65.9 Å². The third kappa shape index (κ3) is 12.5. The van der Waals surface area contributed by atoms with Gasteiger partial charge in [-0.3, -0.25) is 4.57 Å². The third-order valence-corrected chi connectivity index (χ3v) is 11.4. The maximum atomic E-state index is 13.8. The highest BCUT2D eigenvalue weighted by atomic mass is 31.2. The molecule has 1 aliphatic rings. The molecule has 4 aromatic rings. The smallest absolute Gasteiger partial charge is 0.353 e. The summed E-state index contributed by atoms with van der Waals surface area (Å²) in [5.41, 5.74) is 2.32. The second-order valence-corrected chi connectivity index (χ2v) is 15.3. The first-order valence-corrected chi connectivity index (χ1v) is 21.3. The van der Waals surface area contributed by atoms with Crippen LogP contribution in [-0.4, -0.2) is 93.7 Å². The Hall–Kier alpha value is -4.99. The molecule has 0 aliphatic carbocycles. The first-order valence-electron chi connectivity index (χ1n) is 19.7. The standard InChI is InChI=1S/C45H57O15P/c1-10-57-61(46,58-11-2)23-22-38-42(54-27-30-12-19-35(48-4)39(24-30)51-7)43(55-28-31-13-20-36(49-5)40(25-31)52-8)44(45(60-38)59-34-17-15-33(47-3)16-18-34)56-29-32-14-21-37(50-6)41(26-32)53-9/h12-26,38,42-45H,10-11,27-29H2,1-9H3/b23-22+/t38-,42-,43+,44+,45+/m1/s1. The van der Waals surface area contributed by atoms with E-state index in [-0.39, 0.29) is 33.0 Å². The van der Waals surface area contributed by atoms with Gasteiger partial charge in [0.2, 0.25) is 6.29 Å². The lowest BCUT2D eigenvalue weighted by atomic mass is 9.97. The minimum Gasteiger partial charge on any atom is -0.497 e. The number of hydrogen-bond acceptors (Lipinski definition) is 15. The Kier molecular flexibility index (Phi) is 18.0. The zero-order valence-electron chi connectivity index (χ0n) is 36.2. The monoisotopic (exact) mass is 868 g/mol. The summed E-state index contributed by atoms with van der Waals surface area (Å²) in [7, 11) is 7.29. The van der Waals surface area contributed by atoms with E-state index in [9.17, 15) is 4.57 Å². The van der Waals surface area contributed by atoms with Crippen molar-refractivity contribution in [1.82, 2.24) is 0 Å². The van der Waals surface area contributed by atoms with Gasteiger partial charge in [-0.15, -0.1) is 0 Å². The van der Waals surface area contributed by atoms with E-state index in [0.717, 1.165) is 16.7 Å². The molecule has 5 rings (SSSR count). The molecule has 16 heteroatoms. The normalized spacial score (nSPS) is 19.0. The van der Waals surface area contributed by atoms with Crippen LogP contribution in [-0.2, 0) is 52.4 Å². The van der Waals surface area contributed by atoms with Gasteiger partial charge in [0.25, 0.3) is 0 Å². The van der Waals surface area contributed by atoms with Crippen molar-refractivity contribution in [2.24, 2.45) is 0 Å². The van der Waals surface area contributed by atoms with Crippen LogP contribution in [0.15, 0.2) is 90.8 Å². The van der Waals surface area contributed by atoms with Gasteiger partial charge < -0.3 is 65.9 Å². The Labute approximate surface area is 358 Å². The highest BCUT2D eigenvalue weighted by Gasteiger charge is 2.49. The van der Waals surface area contributed by atoms with Crippen LogP contribution in [0.4, 0.5) is 0 Å². The van der Waals surface area contributed by atoms with E-state index in [1.807, 2.05) is 36.4 Å². The Morgan fingerprint density at radius 2 is 0.918 bits per heavy atom. The van der Waals surface area contributed by atoms with E-state index in [2.05, 4.69) is 0 Å². The molecule has 4 aromatic carbocycles. The second-order valence-electron chi connectivity index (χ2n) is 13.4. The van der Waals surface area contributed by atoms with Crippen molar-refractivity contribution in [3.8, 4) is 46.0 Å². The largest absolute Gasteiger partial charge is 0.497 e. The summed E-state index contributed by atoms with van der Waals surface area (Å²) in [6.07, 6.45) is -3.22. The number of rotatable bonds is 24. The van der Waals surface area contributed by atoms with Gasteiger partial charge in [0, 0.05) is 5.82 Å². The van der Waals surface area contributed by atoms with E-state index in [1.165, 1.54) is 5.82 Å². The molecule has 5 atom stereocenters. The van der Waals surface area contributed by atoms with Gasteiger partial charge in [-0.2, -0.15) is 0 Å². The average molecular weight is 869 g/mol. The van der Waals surface area contributed by atoms with Gasteiger partial charge in [-0.05, 0) is 97.3 Å². The molecule has 0 unspecified atom stereocenters. The lowest BCUT2D eigenvalue weighted by molar-refractivity contribution is -0.295. The van der Waals surface area contributed by atoms with Crippen LogP contribution in [0.3, 0.4) is 0 Å². The zero-order chi connectivity index (χ0) is 43.8. The van der Waals surface area contributed by atoms with Crippen molar-refractivity contribution in [2.45, 2.75) is 64.4 Å². The van der Waals surface area contributed by atoms with Crippen molar-refractivity contribution in [2.75, 3.05) is 63.0 Å². The summed E-state index contributed by atoms with van der Waals surface area (Å²) < 4.78 is 97.5. The molecule has 0 spiro atoms. The molecule has 0 amide bonds. The number of hydrogen-bond donors (Lipinski definition) is 0. The summed E-state index contributed by atoms with van der Waals surface area (Å²) in [6.45, 7) is 4.03. The van der Waals surface area contributed by atoms with Crippen molar-refractivity contribution in [3.05, 3.63) is 107 Å². The maximum Gasteiger partial charge on any atom is 0.353 e. The highest BCUT2D eigenvalue weighted by molar-refractivity contribution is 7.57. The van der Waals surface area contributed by atoms with Crippen LogP contribution in [0.5, 0.6) is 46.0 Å². The Morgan fingerprint density at radius 1 is 0.508 bits per heavy atom. The van der Waals surface area contributed by atoms with Gasteiger partial charge in [0.1, 0.15) is 35.9 Å². The minimum absolute atomic E-state index is 0.0793. The zero-order valence-corrected chi connectivity index (χ0v) is 37.0. The SMILES string of the molecule is CCOP(=O)(/C=C/[C@H]1O[C@H](Oc2ccc(OC)cc2)[C@@H](OCc2ccc(OC)c(OC)c2)[C@@H](OCc2ccc(OC)c(OC)c2)[C@@H]1OCc1ccc(OC)c(OC)c1)OCC. The minimum atomic E-state index is -3.71. The number of methoxy groups -OCH3 is 7. The Morgan fingerprint density at radius 3 is 1.33 bits per heavy atom. The van der Waals surface area contributed by atoms with E-state index in [1.54, 1.807) is 112 Å². The van der Waals surface area contributed by atoms with Crippen molar-refractivity contribution in [1.29, 1.82) is 0 Å². The maximum absolute atomic E-state index is 13.8. The quantitative estimate of drug-likeness (QED) is 0.0621. The summed E-state index contributed by atoms with van der Waals surface area (Å²) in [5, 5.41) is 0. The van der Waals surface area contributed by atoms with Crippen LogP contribution in [0.2, 0.25) is 0 Å². The topological polar surface area (TPSA) is 146 Å². The summed E-state index contributed by atoms with van der Waals surface area (Å²) >= 11 is 0. The van der Waals surface area contributed by atoms with Gasteiger partial charge in [0.15, 0.2) is 34.5 Å². The highest BCUT2D eigenvalue weighted by Crippen LogP contribution is 2.50. The lowest BCUT2D eigenvalue weighted by Gasteiger charge is -2.45. The fraction of sp³-hybridized carbons (Fsp3) is 0.422. The predicted octanol–water partition coefficient (Wildman–Crippen LogP) is 8.39. The average Bonchev–Trinajstić information content (AvgIpc) is 3.29. The molecule has 0 radical (unpaired) electrons. The van der Waals surface area contributed by atoms with Crippen LogP contribution >= 0.6 is 7.60 Å². The number of benzene rings is 4. The van der Waals surface area contributed by atoms with Crippen LogP contribution in [0.25, 0.3) is 0 Å². The molecule has 0 aromatic heterocycles. The number of ether oxygens (including phenoxy) is 12. The molecule has 61 heavy (non-hydrogen) atoms. The molecule has 0 bridgehead atoms. The van der Waals surface area contributed by atoms with Crippen LogP contribution in [0.1, 0.15) is 30.5 Å². The van der Waals surface area contributed by atoms with Crippen LogP contribution in [0, 0.1) is 0 Å². The molecule has 0 saturated carbocycles. The Balaban J connectivity index is 1.62. The molecule has 1 fully saturated rings. The van der Waals surface area contributed by atoms with Crippen molar-refractivity contribution >= 4 is 7.60 Å². The molecule has 1 saturated heterocycles. The molecule has 1 heterocycles. The van der Waals surface area contributed by atoms with Gasteiger partial charge in [-0.25, -0.2) is 0 Å². The third-order valence-electron chi connectivity index (χ3n) is 9.59. The molecular weight excluding hydrogens is 811 g/mol. The summed E-state index contributed by atoms with van der Waals surface area (Å²) in [6, 6.07) is 23.6. The van der Waals surface area contributed by atoms with Crippen LogP contribution < -0.4 is 37.9 Å². The molecule has 0 N–H and O–H groups in total. The van der Waals surface area contributed by atoms with Gasteiger partial charge in [-0.1, -0.05) is 18.2 Å². The lowest BCUT2D eigenvalue weighted by Crippen LogP contribution is -2.61. The van der Waals surface area contributed by atoms with Crippen molar-refractivity contribution in [3.63, 3.8) is 0 Å². The molecular formula is C45H57O15P. The molecule has 1 aliphatic heterocycles. The summed E-state index contributed by atoms with van der Waals surface area (Å²) in [4.78, 5) is 0. The van der Waals surface area contributed by atoms with Gasteiger partial charge in [0.05, 0.1) is 82.8 Å². The Bertz CT molecular complexity index is 2030. The van der Waals surface area contributed by atoms with E-state index < -0.39 is 38.3 Å². The fourth-order valence-corrected chi connectivity index (χ4v) is 7.94. The van der Waals surface area contributed by atoms with Crippen molar-refractivity contribution < 1.29 is 70.5 Å².